The molecule has 1 aliphatic heterocycles. The Morgan fingerprint density at radius 1 is 1.14 bits per heavy atom. The van der Waals surface area contributed by atoms with Crippen LogP contribution in [0.15, 0.2) is 30.7 Å². The number of hydrogen-bond donors (Lipinski definition) is 2. The lowest BCUT2D eigenvalue weighted by Gasteiger charge is -2.23. The van der Waals surface area contributed by atoms with Gasteiger partial charge in [-0.3, -0.25) is 4.68 Å². The second-order valence-electron chi connectivity index (χ2n) is 8.55. The molecule has 0 unspecified atom stereocenters. The molecule has 37 heavy (non-hydrogen) atoms. The highest BCUT2D eigenvalue weighted by Gasteiger charge is 2.25. The number of ether oxygens (including phenoxy) is 3. The molecule has 1 fully saturated rings. The van der Waals surface area contributed by atoms with E-state index in [0.717, 1.165) is 25.5 Å². The number of aliphatic hydroxyl groups is 1. The third-order valence-corrected chi connectivity index (χ3v) is 6.12. The van der Waals surface area contributed by atoms with Crippen LogP contribution in [0.4, 0.5) is 14.7 Å². The Morgan fingerprint density at radius 2 is 1.92 bits per heavy atom. The number of halogens is 2. The van der Waals surface area contributed by atoms with E-state index in [4.69, 9.17) is 14.2 Å². The van der Waals surface area contributed by atoms with Crippen molar-refractivity contribution >= 4 is 16.9 Å². The number of methoxy groups -OCH3 is 2. The Balaban J connectivity index is 1.69. The van der Waals surface area contributed by atoms with Crippen LogP contribution in [0.2, 0.25) is 0 Å². The normalized spacial score (nSPS) is 15.6. The predicted octanol–water partition coefficient (Wildman–Crippen LogP) is 3.43. The van der Waals surface area contributed by atoms with Gasteiger partial charge in [0.05, 0.1) is 57.5 Å². The minimum Gasteiger partial charge on any atom is -0.494 e. The first kappa shape index (κ1) is 24.8. The van der Waals surface area contributed by atoms with E-state index >= 15 is 8.78 Å². The quantitative estimate of drug-likeness (QED) is 0.366. The predicted molar refractivity (Wildman–Crippen MR) is 132 cm³/mol. The van der Waals surface area contributed by atoms with Gasteiger partial charge >= 0.3 is 0 Å². The minimum atomic E-state index is -0.911. The summed E-state index contributed by atoms with van der Waals surface area (Å²) < 4.78 is 48.0. The highest BCUT2D eigenvalue weighted by atomic mass is 19.1. The Bertz CT molecular complexity index is 1400. The summed E-state index contributed by atoms with van der Waals surface area (Å²) in [6.45, 7) is 1.45. The van der Waals surface area contributed by atoms with E-state index < -0.39 is 17.2 Å². The Hall–Kier alpha value is -3.90. The molecule has 1 aromatic carbocycles. The molecule has 0 aliphatic carbocycles. The van der Waals surface area contributed by atoms with Crippen molar-refractivity contribution in [2.24, 2.45) is 0 Å². The van der Waals surface area contributed by atoms with Gasteiger partial charge in [0.1, 0.15) is 11.2 Å². The molecule has 194 valence electrons. The van der Waals surface area contributed by atoms with Crippen LogP contribution in [0.3, 0.4) is 0 Å². The van der Waals surface area contributed by atoms with Crippen LogP contribution in [0.25, 0.3) is 33.4 Å². The topological polar surface area (TPSA) is 116 Å². The molecule has 4 aromatic rings. The molecular formula is C25H26F2N6O4. The van der Waals surface area contributed by atoms with Crippen molar-refractivity contribution in [2.45, 2.75) is 25.4 Å². The lowest BCUT2D eigenvalue weighted by atomic mass is 10.0. The number of fused-ring (bicyclic) bond motifs is 1. The molecule has 2 N–H and O–H groups in total. The van der Waals surface area contributed by atoms with E-state index in [9.17, 15) is 5.11 Å². The minimum absolute atomic E-state index is 0.00889. The summed E-state index contributed by atoms with van der Waals surface area (Å²) in [5.74, 6) is -1.80. The number of nitrogens with one attached hydrogen (secondary N) is 1. The summed E-state index contributed by atoms with van der Waals surface area (Å²) in [5, 5.41) is 17.3. The summed E-state index contributed by atoms with van der Waals surface area (Å²) in [7, 11) is 2.57. The van der Waals surface area contributed by atoms with E-state index in [2.05, 4.69) is 25.4 Å². The van der Waals surface area contributed by atoms with Gasteiger partial charge in [0.2, 0.25) is 5.95 Å². The molecule has 1 aliphatic rings. The molecule has 5 rings (SSSR count). The van der Waals surface area contributed by atoms with Crippen molar-refractivity contribution in [1.82, 2.24) is 24.7 Å². The average molecular weight is 513 g/mol. The van der Waals surface area contributed by atoms with Crippen LogP contribution in [-0.2, 0) is 11.3 Å². The molecule has 1 atom stereocenters. The molecule has 0 bridgehead atoms. The largest absolute Gasteiger partial charge is 0.494 e. The van der Waals surface area contributed by atoms with Gasteiger partial charge in [-0.15, -0.1) is 0 Å². The monoisotopic (exact) mass is 512 g/mol. The van der Waals surface area contributed by atoms with E-state index in [1.54, 1.807) is 23.3 Å². The van der Waals surface area contributed by atoms with Crippen LogP contribution >= 0.6 is 0 Å². The number of anilines is 1. The van der Waals surface area contributed by atoms with E-state index in [-0.39, 0.29) is 36.4 Å². The van der Waals surface area contributed by atoms with Gasteiger partial charge < -0.3 is 24.6 Å². The number of benzene rings is 1. The number of rotatable bonds is 8. The van der Waals surface area contributed by atoms with Gasteiger partial charge in [-0.25, -0.2) is 23.7 Å². The summed E-state index contributed by atoms with van der Waals surface area (Å²) in [5.41, 5.74) is 0.986. The van der Waals surface area contributed by atoms with Crippen LogP contribution in [-0.4, -0.2) is 69.9 Å². The van der Waals surface area contributed by atoms with Crippen molar-refractivity contribution in [1.29, 1.82) is 0 Å². The van der Waals surface area contributed by atoms with Crippen molar-refractivity contribution in [3.8, 4) is 34.0 Å². The third kappa shape index (κ3) is 4.89. The van der Waals surface area contributed by atoms with Crippen molar-refractivity contribution < 1.29 is 28.1 Å². The number of nitrogens with zero attached hydrogens (tertiary/aromatic N) is 5. The van der Waals surface area contributed by atoms with Gasteiger partial charge in [-0.05, 0) is 18.9 Å². The second kappa shape index (κ2) is 10.6. The number of hydrogen-bond acceptors (Lipinski definition) is 9. The Kier molecular flexibility index (Phi) is 7.10. The van der Waals surface area contributed by atoms with Gasteiger partial charge in [0, 0.05) is 36.0 Å². The lowest BCUT2D eigenvalue weighted by molar-refractivity contribution is 0.0874. The van der Waals surface area contributed by atoms with Crippen molar-refractivity contribution in [2.75, 3.05) is 39.4 Å². The van der Waals surface area contributed by atoms with E-state index in [1.165, 1.54) is 20.3 Å². The molecular weight excluding hydrogens is 486 g/mol. The molecule has 3 aromatic heterocycles. The first-order valence-electron chi connectivity index (χ1n) is 11.8. The third-order valence-electron chi connectivity index (χ3n) is 6.12. The fourth-order valence-corrected chi connectivity index (χ4v) is 4.30. The standard InChI is InChI=1S/C25H26F2N6O4/c1-35-18-9-19(36-2)22(27)20(21(18)26)17-8-14-10-28-25(30-16-4-3-7-37-13-16)32-23(14)24(31-17)15-11-29-33(12-15)5-6-34/h8-12,16,34H,3-7,13H2,1-2H3,(H,28,30,32)/t16-/m0/s1. The Labute approximate surface area is 211 Å². The maximum absolute atomic E-state index is 15.3. The van der Waals surface area contributed by atoms with Crippen LogP contribution in [0.1, 0.15) is 12.8 Å². The van der Waals surface area contributed by atoms with Gasteiger partial charge in [-0.1, -0.05) is 0 Å². The van der Waals surface area contributed by atoms with Crippen LogP contribution in [0, 0.1) is 11.6 Å². The fraction of sp³-hybridized carbons (Fsp3) is 0.360. The molecule has 10 nitrogen and oxygen atoms in total. The summed E-state index contributed by atoms with van der Waals surface area (Å²) in [6.07, 6.45) is 6.69. The highest BCUT2D eigenvalue weighted by Crippen LogP contribution is 2.39. The zero-order chi connectivity index (χ0) is 25.9. The summed E-state index contributed by atoms with van der Waals surface area (Å²) in [4.78, 5) is 13.7. The fourth-order valence-electron chi connectivity index (χ4n) is 4.30. The van der Waals surface area contributed by atoms with Crippen molar-refractivity contribution in [3.05, 3.63) is 42.4 Å². The molecule has 0 saturated carbocycles. The first-order valence-corrected chi connectivity index (χ1v) is 11.8. The van der Waals surface area contributed by atoms with Crippen LogP contribution < -0.4 is 14.8 Å². The van der Waals surface area contributed by atoms with Gasteiger partial charge in [-0.2, -0.15) is 5.10 Å². The molecule has 0 amide bonds. The maximum Gasteiger partial charge on any atom is 0.223 e. The number of aliphatic hydroxyl groups excluding tert-OH is 1. The first-order chi connectivity index (χ1) is 18.0. The SMILES string of the molecule is COc1cc(OC)c(F)c(-c2cc3cnc(N[C@H]4CCCOC4)nc3c(-c3cnn(CCO)c3)n2)c1F. The van der Waals surface area contributed by atoms with Crippen molar-refractivity contribution in [3.63, 3.8) is 0 Å². The molecule has 1 saturated heterocycles. The zero-order valence-corrected chi connectivity index (χ0v) is 20.4. The lowest BCUT2D eigenvalue weighted by Crippen LogP contribution is -2.30. The highest BCUT2D eigenvalue weighted by molar-refractivity contribution is 5.94. The zero-order valence-electron chi connectivity index (χ0n) is 20.4. The van der Waals surface area contributed by atoms with Crippen LogP contribution in [0.5, 0.6) is 11.5 Å². The van der Waals surface area contributed by atoms with Gasteiger partial charge in [0.15, 0.2) is 23.1 Å². The van der Waals surface area contributed by atoms with E-state index in [0.29, 0.717) is 34.7 Å². The Morgan fingerprint density at radius 3 is 2.59 bits per heavy atom. The smallest absolute Gasteiger partial charge is 0.223 e. The van der Waals surface area contributed by atoms with E-state index in [1.807, 2.05) is 0 Å². The molecule has 0 radical (unpaired) electrons. The maximum atomic E-state index is 15.3. The second-order valence-corrected chi connectivity index (χ2v) is 8.55. The summed E-state index contributed by atoms with van der Waals surface area (Å²) >= 11 is 0. The molecule has 12 heteroatoms. The number of pyridine rings is 1. The van der Waals surface area contributed by atoms with Gasteiger partial charge in [0.25, 0.3) is 0 Å². The summed E-state index contributed by atoms with van der Waals surface area (Å²) in [6, 6.07) is 2.73. The molecule has 4 heterocycles. The number of aromatic nitrogens is 5. The average Bonchev–Trinajstić information content (AvgIpc) is 3.38. The molecule has 0 spiro atoms.